The summed E-state index contributed by atoms with van der Waals surface area (Å²) < 4.78 is 36.6. The van der Waals surface area contributed by atoms with Crippen LogP contribution in [-0.2, 0) is 61.4 Å². The molecule has 0 spiro atoms. The number of fused-ring (bicyclic) bond motifs is 3. The number of nitrogens with zero attached hydrogens (tertiary/aromatic N) is 1. The fourth-order valence-corrected chi connectivity index (χ4v) is 11.8. The van der Waals surface area contributed by atoms with E-state index in [9.17, 15) is 24.0 Å². The van der Waals surface area contributed by atoms with E-state index in [2.05, 4.69) is 43.9 Å². The zero-order chi connectivity index (χ0) is 60.4. The van der Waals surface area contributed by atoms with Gasteiger partial charge in [0.15, 0.2) is 0 Å². The first kappa shape index (κ1) is 62.0. The zero-order valence-electron chi connectivity index (χ0n) is 48.2. The molecule has 0 radical (unpaired) electrons. The first-order valence-electron chi connectivity index (χ1n) is 28.6. The second kappa shape index (κ2) is 30.0. The first-order chi connectivity index (χ1) is 41.9. The lowest BCUT2D eigenvalue weighted by Gasteiger charge is -2.36. The number of nitrogens with one attached hydrogen (secondary N) is 4. The summed E-state index contributed by atoms with van der Waals surface area (Å²) in [6, 6.07) is 54.2. The van der Waals surface area contributed by atoms with E-state index in [0.717, 1.165) is 48.1 Å². The molecule has 4 N–H and O–H groups in total. The van der Waals surface area contributed by atoms with E-state index in [-0.39, 0.29) is 83.4 Å². The molecule has 9 rings (SSSR count). The Hall–Kier alpha value is -8.59. The van der Waals surface area contributed by atoms with Crippen molar-refractivity contribution in [3.8, 4) is 22.6 Å². The van der Waals surface area contributed by atoms with Crippen molar-refractivity contribution in [2.75, 3.05) is 60.8 Å². The van der Waals surface area contributed by atoms with Crippen LogP contribution in [0.2, 0.25) is 0 Å². The first-order valence-corrected chi connectivity index (χ1v) is 29.7. The maximum atomic E-state index is 15.3. The van der Waals surface area contributed by atoms with Crippen molar-refractivity contribution in [3.05, 3.63) is 225 Å². The molecule has 17 nitrogen and oxygen atoms in total. The molecule has 1 heterocycles. The van der Waals surface area contributed by atoms with Gasteiger partial charge in [0.25, 0.3) is 0 Å². The van der Waals surface area contributed by atoms with Crippen LogP contribution in [-0.4, -0.2) is 126 Å². The molecule has 1 aliphatic carbocycles. The number of esters is 1. The lowest BCUT2D eigenvalue weighted by molar-refractivity contribution is -0.150. The van der Waals surface area contributed by atoms with Crippen LogP contribution in [0.25, 0.3) is 11.1 Å². The molecule has 1 aliphatic heterocycles. The van der Waals surface area contributed by atoms with E-state index in [1.807, 2.05) is 182 Å². The molecule has 4 atom stereocenters. The van der Waals surface area contributed by atoms with Gasteiger partial charge in [0.2, 0.25) is 23.6 Å². The fraction of sp³-hybridized carbons (Fsp3) is 0.294. The smallest absolute Gasteiger partial charge is 0.407 e. The van der Waals surface area contributed by atoms with Gasteiger partial charge in [-0.2, -0.15) is 0 Å². The summed E-state index contributed by atoms with van der Waals surface area (Å²) in [4.78, 5) is 85.1. The number of hydrogen-bond acceptors (Lipinski definition) is 12. The third kappa shape index (κ3) is 15.4. The van der Waals surface area contributed by atoms with E-state index < -0.39 is 59.6 Å². The number of benzene rings is 7. The lowest BCUT2D eigenvalue weighted by atomic mass is 9.80. The monoisotopic (exact) mass is 1280 g/mol. The molecule has 0 unspecified atom stereocenters. The van der Waals surface area contributed by atoms with Gasteiger partial charge in [-0.05, 0) is 109 Å². The Bertz CT molecular complexity index is 3350. The normalized spacial score (nSPS) is 15.0. The quantitative estimate of drug-likeness (QED) is 0.0165. The molecule has 0 bridgehead atoms. The number of amides is 5. The summed E-state index contributed by atoms with van der Waals surface area (Å²) >= 11 is 2.17. The average Bonchev–Trinajstić information content (AvgIpc) is 1.24. The third-order valence-electron chi connectivity index (χ3n) is 15.4. The van der Waals surface area contributed by atoms with Crippen molar-refractivity contribution in [3.63, 3.8) is 0 Å². The Balaban J connectivity index is 0.903. The molecule has 446 valence electrons. The Kier molecular flexibility index (Phi) is 21.6. The van der Waals surface area contributed by atoms with Gasteiger partial charge in [0.1, 0.15) is 47.9 Å². The second-order valence-electron chi connectivity index (χ2n) is 20.9. The number of carbonyl (C=O) groups excluding carboxylic acids is 6. The van der Waals surface area contributed by atoms with Crippen molar-refractivity contribution in [1.29, 1.82) is 0 Å². The van der Waals surface area contributed by atoms with Gasteiger partial charge in [0, 0.05) is 48.8 Å². The molecule has 0 saturated carbocycles. The predicted octanol–water partition coefficient (Wildman–Crippen LogP) is 8.67. The van der Waals surface area contributed by atoms with Gasteiger partial charge in [-0.25, -0.2) is 4.79 Å². The molecule has 18 heteroatoms. The summed E-state index contributed by atoms with van der Waals surface area (Å²) in [5.41, 5.74) is 7.15. The number of carbonyl (C=O) groups is 6. The van der Waals surface area contributed by atoms with Crippen molar-refractivity contribution >= 4 is 58.3 Å². The lowest BCUT2D eigenvalue weighted by Crippen LogP contribution is -2.57. The van der Waals surface area contributed by atoms with Gasteiger partial charge in [-0.1, -0.05) is 146 Å². The summed E-state index contributed by atoms with van der Waals surface area (Å²) in [5, 5.41) is 11.2. The van der Waals surface area contributed by atoms with Crippen LogP contribution in [0, 0.1) is 3.57 Å². The van der Waals surface area contributed by atoms with Gasteiger partial charge in [0.05, 0.1) is 47.0 Å². The molecule has 0 aromatic heterocycles. The highest BCUT2D eigenvalue weighted by molar-refractivity contribution is 14.1. The van der Waals surface area contributed by atoms with Crippen LogP contribution < -0.4 is 30.7 Å². The van der Waals surface area contributed by atoms with E-state index in [1.165, 1.54) is 11.9 Å². The minimum Gasteiger partial charge on any atom is -0.497 e. The van der Waals surface area contributed by atoms with Crippen molar-refractivity contribution in [2.24, 2.45) is 0 Å². The average molecular weight is 1280 g/mol. The largest absolute Gasteiger partial charge is 0.497 e. The third-order valence-corrected chi connectivity index (χ3v) is 16.1. The number of hydrogen-bond donors (Lipinski definition) is 4. The van der Waals surface area contributed by atoms with Crippen LogP contribution in [0.3, 0.4) is 0 Å². The second-order valence-corrected chi connectivity index (χ2v) is 22.1. The molecule has 7 aromatic rings. The van der Waals surface area contributed by atoms with Crippen molar-refractivity contribution in [1.82, 2.24) is 26.2 Å². The molecule has 7 aromatic carbocycles. The highest BCUT2D eigenvalue weighted by Crippen LogP contribution is 2.45. The number of ether oxygens (including phenoxy) is 6. The Morgan fingerprint density at radius 2 is 1.21 bits per heavy atom. The molecule has 86 heavy (non-hydrogen) atoms. The van der Waals surface area contributed by atoms with E-state index >= 15 is 4.79 Å². The molecule has 5 amide bonds. The van der Waals surface area contributed by atoms with Gasteiger partial charge in [-0.15, -0.1) is 0 Å². The zero-order valence-corrected chi connectivity index (χ0v) is 50.4. The van der Waals surface area contributed by atoms with Crippen molar-refractivity contribution < 1.29 is 57.2 Å². The molecular formula is C68H70IN5O12. The summed E-state index contributed by atoms with van der Waals surface area (Å²) in [7, 11) is 4.69. The fourth-order valence-electron chi connectivity index (χ4n) is 11.2. The topological polar surface area (TPSA) is 209 Å². The Morgan fingerprint density at radius 3 is 1.83 bits per heavy atom. The number of likely N-dealkylation sites (tertiary alicyclic amines) is 1. The molecular weight excluding hydrogens is 1210 g/mol. The predicted molar refractivity (Wildman–Crippen MR) is 332 cm³/mol. The SMILES string of the molecule is CNC(=O)CCC(=O)O[C@@H]1C[C@@H](C(=O)NCCOCCOC(c2ccccc2)(c2ccc(OC)cc2)c2ccc(OC)cc2)N(C(=O)[C@H](Cc2cccc(I)c2)NC(=O)[C@H](Cc2ccccc2)NC(=O)OCC2c3ccccc3-c3ccccc32)C1. The minimum absolute atomic E-state index is 0.00420. The van der Waals surface area contributed by atoms with Crippen LogP contribution in [0.4, 0.5) is 4.79 Å². The molecule has 1 saturated heterocycles. The molecule has 1 fully saturated rings. The van der Waals surface area contributed by atoms with E-state index in [1.54, 1.807) is 14.2 Å². The maximum Gasteiger partial charge on any atom is 0.407 e. The van der Waals surface area contributed by atoms with Gasteiger partial charge >= 0.3 is 12.1 Å². The van der Waals surface area contributed by atoms with E-state index in [4.69, 9.17) is 28.4 Å². The summed E-state index contributed by atoms with van der Waals surface area (Å²) in [6.07, 6.45) is -2.11. The van der Waals surface area contributed by atoms with Gasteiger partial charge < -0.3 is 54.6 Å². The summed E-state index contributed by atoms with van der Waals surface area (Å²) in [6.45, 7) is 0.212. The highest BCUT2D eigenvalue weighted by Gasteiger charge is 2.44. The minimum atomic E-state index is -1.27. The number of alkyl carbamates (subject to hydrolysis) is 1. The number of methoxy groups -OCH3 is 2. The molecule has 2 aliphatic rings. The summed E-state index contributed by atoms with van der Waals surface area (Å²) in [5.74, 6) is -1.71. The van der Waals surface area contributed by atoms with Crippen LogP contribution in [0.1, 0.15) is 64.1 Å². The Labute approximate surface area is 514 Å². The van der Waals surface area contributed by atoms with Crippen LogP contribution >= 0.6 is 22.6 Å². The van der Waals surface area contributed by atoms with Gasteiger partial charge in [-0.3, -0.25) is 24.0 Å². The van der Waals surface area contributed by atoms with Crippen LogP contribution in [0.15, 0.2) is 182 Å². The number of halogens is 1. The maximum absolute atomic E-state index is 15.3. The van der Waals surface area contributed by atoms with Crippen molar-refractivity contribution in [2.45, 2.75) is 67.9 Å². The van der Waals surface area contributed by atoms with E-state index in [0.29, 0.717) is 17.1 Å². The number of rotatable bonds is 27. The highest BCUT2D eigenvalue weighted by atomic mass is 127. The Morgan fingerprint density at radius 1 is 0.628 bits per heavy atom. The standard InChI is InChI=1S/C68H70IN5O12/c1-70-62(75)33-34-63(76)86-53-42-61(65(78)71-35-36-83-37-38-85-68(47-18-8-5-9-19-47,48-25-29-51(81-2)30-26-48)49-27-31-52(82-3)32-28-49)74(43-53)66(79)60(41-46-17-14-20-50(69)39-46)72-64(77)59(40-45-15-6-4-7-16-45)73-67(80)84-44-58-56-23-12-10-21-54(56)55-22-11-13-24-57(55)58/h4-32,39,53,58-61H,33-38,40-44H2,1-3H3,(H,70,75)(H,71,78)(H,72,77)(H,73,80)/t53-,59+,60+,61+/m1/s1. The van der Waals surface area contributed by atoms with Crippen LogP contribution in [0.5, 0.6) is 11.5 Å².